The maximum atomic E-state index is 12.0. The third-order valence-electron chi connectivity index (χ3n) is 2.99. The smallest absolute Gasteiger partial charge is 0.161 e. The zero-order valence-electron chi connectivity index (χ0n) is 8.52. The second kappa shape index (κ2) is 3.61. The highest BCUT2D eigenvalue weighted by Gasteiger charge is 2.54. The van der Waals surface area contributed by atoms with E-state index >= 15 is 0 Å². The van der Waals surface area contributed by atoms with Crippen molar-refractivity contribution in [1.29, 1.82) is 0 Å². The molecule has 82 valence electrons. The molecule has 2 N–H and O–H groups in total. The number of hydrogen-bond donors (Lipinski definition) is 1. The Hall–Kier alpha value is -0.870. The van der Waals surface area contributed by atoms with Crippen molar-refractivity contribution in [3.8, 4) is 0 Å². The van der Waals surface area contributed by atoms with Gasteiger partial charge in [-0.15, -0.1) is 0 Å². The SMILES string of the molecule is NCCS(=O)(=O)C1(c2ccccc2)CC1. The normalized spacial score (nSPS) is 18.7. The summed E-state index contributed by atoms with van der Waals surface area (Å²) in [6.45, 7) is 0.205. The van der Waals surface area contributed by atoms with E-state index in [0.717, 1.165) is 18.4 Å². The summed E-state index contributed by atoms with van der Waals surface area (Å²) in [6, 6.07) is 9.44. The summed E-state index contributed by atoms with van der Waals surface area (Å²) in [5, 5.41) is 0. The van der Waals surface area contributed by atoms with Crippen LogP contribution >= 0.6 is 0 Å². The van der Waals surface area contributed by atoms with Crippen LogP contribution in [-0.4, -0.2) is 20.7 Å². The Kier molecular flexibility index (Phi) is 2.56. The van der Waals surface area contributed by atoms with Gasteiger partial charge >= 0.3 is 0 Å². The third-order valence-corrected chi connectivity index (χ3v) is 5.59. The Bertz CT molecular complexity index is 435. The molecule has 15 heavy (non-hydrogen) atoms. The average molecular weight is 225 g/mol. The minimum absolute atomic E-state index is 0.0852. The molecule has 1 aromatic rings. The van der Waals surface area contributed by atoms with Crippen LogP contribution in [0, 0.1) is 0 Å². The van der Waals surface area contributed by atoms with Gasteiger partial charge < -0.3 is 5.73 Å². The fraction of sp³-hybridized carbons (Fsp3) is 0.455. The quantitative estimate of drug-likeness (QED) is 0.833. The van der Waals surface area contributed by atoms with Crippen molar-refractivity contribution < 1.29 is 8.42 Å². The average Bonchev–Trinajstić information content (AvgIpc) is 3.00. The van der Waals surface area contributed by atoms with Gasteiger partial charge in [0.2, 0.25) is 0 Å². The van der Waals surface area contributed by atoms with E-state index < -0.39 is 14.6 Å². The van der Waals surface area contributed by atoms with Crippen LogP contribution < -0.4 is 5.73 Å². The van der Waals surface area contributed by atoms with Crippen LogP contribution in [0.25, 0.3) is 0 Å². The molecule has 1 fully saturated rings. The predicted octanol–water partition coefficient (Wildman–Crippen LogP) is 1.05. The van der Waals surface area contributed by atoms with E-state index in [1.807, 2.05) is 30.3 Å². The lowest BCUT2D eigenvalue weighted by atomic mass is 10.1. The minimum atomic E-state index is -3.08. The molecule has 1 aromatic carbocycles. The summed E-state index contributed by atoms with van der Waals surface area (Å²) in [7, 11) is -3.08. The molecular formula is C11H15NO2S. The summed E-state index contributed by atoms with van der Waals surface area (Å²) in [4.78, 5) is 0. The largest absolute Gasteiger partial charge is 0.329 e. The molecule has 0 saturated heterocycles. The monoisotopic (exact) mass is 225 g/mol. The predicted molar refractivity (Wildman–Crippen MR) is 60.2 cm³/mol. The molecule has 0 radical (unpaired) electrons. The van der Waals surface area contributed by atoms with Gasteiger partial charge in [-0.1, -0.05) is 30.3 Å². The van der Waals surface area contributed by atoms with Crippen molar-refractivity contribution in [3.05, 3.63) is 35.9 Å². The lowest BCUT2D eigenvalue weighted by Crippen LogP contribution is -2.27. The standard InChI is InChI=1S/C11H15NO2S/c12-8-9-15(13,14)11(6-7-11)10-4-2-1-3-5-10/h1-5H,6-9,12H2. The number of nitrogens with two attached hydrogens (primary N) is 1. The van der Waals surface area contributed by atoms with Crippen molar-refractivity contribution in [2.45, 2.75) is 17.6 Å². The molecule has 0 aromatic heterocycles. The van der Waals surface area contributed by atoms with Gasteiger partial charge in [-0.25, -0.2) is 8.42 Å². The van der Waals surface area contributed by atoms with Crippen LogP contribution in [0.5, 0.6) is 0 Å². The maximum Gasteiger partial charge on any atom is 0.161 e. The molecule has 1 aliphatic rings. The van der Waals surface area contributed by atoms with Gasteiger partial charge in [0.1, 0.15) is 0 Å². The topological polar surface area (TPSA) is 60.2 Å². The third kappa shape index (κ3) is 1.68. The number of benzene rings is 1. The molecule has 0 aliphatic heterocycles. The lowest BCUT2D eigenvalue weighted by Gasteiger charge is -2.15. The van der Waals surface area contributed by atoms with Gasteiger partial charge in [0.05, 0.1) is 10.5 Å². The fourth-order valence-electron chi connectivity index (χ4n) is 1.99. The molecule has 0 bridgehead atoms. The van der Waals surface area contributed by atoms with E-state index in [-0.39, 0.29) is 12.3 Å². The van der Waals surface area contributed by atoms with Crippen molar-refractivity contribution >= 4 is 9.84 Å². The van der Waals surface area contributed by atoms with E-state index in [9.17, 15) is 8.42 Å². The van der Waals surface area contributed by atoms with E-state index in [2.05, 4.69) is 0 Å². The molecule has 1 aliphatic carbocycles. The first-order valence-corrected chi connectivity index (χ1v) is 6.75. The van der Waals surface area contributed by atoms with E-state index in [0.29, 0.717) is 0 Å². The number of rotatable bonds is 4. The van der Waals surface area contributed by atoms with Crippen LogP contribution in [0.15, 0.2) is 30.3 Å². The van der Waals surface area contributed by atoms with Gasteiger partial charge in [-0.05, 0) is 18.4 Å². The number of sulfone groups is 1. The first-order chi connectivity index (χ1) is 7.12. The summed E-state index contributed by atoms with van der Waals surface area (Å²) >= 11 is 0. The van der Waals surface area contributed by atoms with Gasteiger partial charge in [0.25, 0.3) is 0 Å². The van der Waals surface area contributed by atoms with Gasteiger partial charge in [-0.2, -0.15) is 0 Å². The Morgan fingerprint density at radius 2 is 1.80 bits per heavy atom. The zero-order valence-corrected chi connectivity index (χ0v) is 9.33. The van der Waals surface area contributed by atoms with Crippen molar-refractivity contribution in [1.82, 2.24) is 0 Å². The van der Waals surface area contributed by atoms with Crippen LogP contribution in [0.3, 0.4) is 0 Å². The van der Waals surface area contributed by atoms with Gasteiger partial charge in [-0.3, -0.25) is 0 Å². The number of hydrogen-bond acceptors (Lipinski definition) is 3. The second-order valence-electron chi connectivity index (χ2n) is 3.97. The highest BCUT2D eigenvalue weighted by Crippen LogP contribution is 2.52. The molecule has 3 nitrogen and oxygen atoms in total. The van der Waals surface area contributed by atoms with Crippen LogP contribution in [0.2, 0.25) is 0 Å². The molecule has 0 spiro atoms. The fourth-order valence-corrected chi connectivity index (χ4v) is 3.91. The molecule has 1 saturated carbocycles. The zero-order chi connectivity index (χ0) is 10.9. The minimum Gasteiger partial charge on any atom is -0.329 e. The first kappa shape index (κ1) is 10.6. The maximum absolute atomic E-state index is 12.0. The van der Waals surface area contributed by atoms with E-state index in [1.54, 1.807) is 0 Å². The van der Waals surface area contributed by atoms with Gasteiger partial charge in [0.15, 0.2) is 9.84 Å². The second-order valence-corrected chi connectivity index (χ2v) is 6.39. The van der Waals surface area contributed by atoms with Crippen LogP contribution in [0.1, 0.15) is 18.4 Å². The van der Waals surface area contributed by atoms with E-state index in [1.165, 1.54) is 0 Å². The van der Waals surface area contributed by atoms with Gasteiger partial charge in [0, 0.05) is 6.54 Å². The Morgan fingerprint density at radius 3 is 2.27 bits per heavy atom. The summed E-state index contributed by atoms with van der Waals surface area (Å²) in [5.41, 5.74) is 6.25. The Morgan fingerprint density at radius 1 is 1.20 bits per heavy atom. The van der Waals surface area contributed by atoms with Crippen molar-refractivity contribution in [3.63, 3.8) is 0 Å². The Balaban J connectivity index is 2.37. The van der Waals surface area contributed by atoms with Crippen LogP contribution in [0.4, 0.5) is 0 Å². The highest BCUT2D eigenvalue weighted by molar-refractivity contribution is 7.92. The Labute approximate surface area is 90.2 Å². The molecule has 0 unspecified atom stereocenters. The molecule has 4 heteroatoms. The van der Waals surface area contributed by atoms with E-state index in [4.69, 9.17) is 5.73 Å². The highest BCUT2D eigenvalue weighted by atomic mass is 32.2. The first-order valence-electron chi connectivity index (χ1n) is 5.10. The molecule has 2 rings (SSSR count). The van der Waals surface area contributed by atoms with Crippen molar-refractivity contribution in [2.75, 3.05) is 12.3 Å². The summed E-state index contributed by atoms with van der Waals surface area (Å²) in [5.74, 6) is 0.0852. The molecular weight excluding hydrogens is 210 g/mol. The summed E-state index contributed by atoms with van der Waals surface area (Å²) in [6.07, 6.45) is 1.47. The molecule has 0 amide bonds. The molecule has 0 atom stereocenters. The van der Waals surface area contributed by atoms with Crippen LogP contribution in [-0.2, 0) is 14.6 Å². The summed E-state index contributed by atoms with van der Waals surface area (Å²) < 4.78 is 23.5. The lowest BCUT2D eigenvalue weighted by molar-refractivity contribution is 0.580. The molecule has 0 heterocycles. The van der Waals surface area contributed by atoms with Crippen molar-refractivity contribution in [2.24, 2.45) is 5.73 Å².